The highest BCUT2D eigenvalue weighted by molar-refractivity contribution is 7.99. The van der Waals surface area contributed by atoms with Crippen LogP contribution < -0.4 is 20.3 Å². The van der Waals surface area contributed by atoms with Gasteiger partial charge in [-0.1, -0.05) is 79.3 Å². The van der Waals surface area contributed by atoms with E-state index in [9.17, 15) is 49.2 Å². The van der Waals surface area contributed by atoms with Crippen LogP contribution in [0, 0.1) is 17.3 Å². The van der Waals surface area contributed by atoms with Crippen molar-refractivity contribution in [2.45, 2.75) is 97.6 Å². The molecule has 0 saturated carbocycles. The quantitative estimate of drug-likeness (QED) is 0.0403. The van der Waals surface area contributed by atoms with Crippen molar-refractivity contribution in [2.24, 2.45) is 5.41 Å². The summed E-state index contributed by atoms with van der Waals surface area (Å²) < 4.78 is 99.8. The van der Waals surface area contributed by atoms with Gasteiger partial charge in [0.1, 0.15) is 10.9 Å². The molecule has 2 atom stereocenters. The molecule has 3 saturated heterocycles. The van der Waals surface area contributed by atoms with Crippen molar-refractivity contribution in [1.29, 1.82) is 0 Å². The van der Waals surface area contributed by atoms with Crippen molar-refractivity contribution in [3.05, 3.63) is 154 Å². The van der Waals surface area contributed by atoms with Crippen molar-refractivity contribution < 1.29 is 49.2 Å². The zero-order valence-electron chi connectivity index (χ0n) is 48.5. The van der Waals surface area contributed by atoms with Crippen LogP contribution in [-0.2, 0) is 36.0 Å². The Morgan fingerprint density at radius 2 is 1.51 bits per heavy atom. The number of allylic oxidation sites excluding steroid dienone is 1. The Kier molecular flexibility index (Phi) is 19.6. The van der Waals surface area contributed by atoms with Crippen LogP contribution in [0.5, 0.6) is 0 Å². The molecule has 4 heterocycles. The summed E-state index contributed by atoms with van der Waals surface area (Å²) in [4.78, 5) is 60.5. The topological polar surface area (TPSA) is 189 Å². The molecule has 4 amide bonds. The van der Waals surface area contributed by atoms with Crippen molar-refractivity contribution in [3.63, 3.8) is 0 Å². The summed E-state index contributed by atoms with van der Waals surface area (Å²) in [6, 6.07) is 30.2. The number of alkyl halides is 3. The first-order chi connectivity index (χ1) is 41.5. The number of thioether (sulfide) groups is 1. The highest BCUT2D eigenvalue weighted by atomic mass is 35.5. The monoisotopic (exact) mass is 1270 g/mol. The summed E-state index contributed by atoms with van der Waals surface area (Å²) in [5.41, 5.74) is 0.754. The molecule has 10 rings (SSSR count). The van der Waals surface area contributed by atoms with E-state index in [1.54, 1.807) is 24.3 Å². The fraction of sp³-hybridized carbons (Fsp3) is 0.406. The van der Waals surface area contributed by atoms with E-state index in [1.165, 1.54) is 45.5 Å². The summed E-state index contributed by atoms with van der Waals surface area (Å²) in [7, 11) is -11.0. The average molecular weight is 1270 g/mol. The van der Waals surface area contributed by atoms with Gasteiger partial charge in [-0.2, -0.15) is 13.2 Å². The van der Waals surface area contributed by atoms with Gasteiger partial charge in [0.15, 0.2) is 0 Å². The van der Waals surface area contributed by atoms with E-state index in [0.29, 0.717) is 93.2 Å². The highest BCUT2D eigenvalue weighted by Gasteiger charge is 2.49. The molecular weight excluding hydrogens is 1200 g/mol. The van der Waals surface area contributed by atoms with Crippen LogP contribution in [0.3, 0.4) is 0 Å². The van der Waals surface area contributed by atoms with Gasteiger partial charge in [0.05, 0.1) is 10.6 Å². The number of hydrogen-bond donors (Lipinski definition) is 3. The van der Waals surface area contributed by atoms with Crippen LogP contribution in [0.4, 0.5) is 24.5 Å². The van der Waals surface area contributed by atoms with Crippen LogP contribution in [0.25, 0.3) is 5.57 Å². The average Bonchev–Trinajstić information content (AvgIpc) is 1.95. The van der Waals surface area contributed by atoms with Gasteiger partial charge in [-0.3, -0.25) is 34.3 Å². The molecule has 0 radical (unpaired) electrons. The van der Waals surface area contributed by atoms with Crippen LogP contribution in [0.15, 0.2) is 136 Å². The minimum absolute atomic E-state index is 0.0238. The number of sulfone groups is 1. The number of piperazine rings is 2. The molecule has 3 fully saturated rings. The van der Waals surface area contributed by atoms with Gasteiger partial charge in [-0.25, -0.2) is 21.6 Å². The first-order valence-corrected chi connectivity index (χ1v) is 33.5. The molecule has 5 aromatic carbocycles. The van der Waals surface area contributed by atoms with Gasteiger partial charge in [-0.15, -0.1) is 11.8 Å². The van der Waals surface area contributed by atoms with E-state index < -0.39 is 64.7 Å². The lowest BCUT2D eigenvalue weighted by molar-refractivity contribution is -0.136. The van der Waals surface area contributed by atoms with Gasteiger partial charge in [0.2, 0.25) is 11.8 Å². The number of benzene rings is 5. The molecule has 460 valence electrons. The number of rotatable bonds is 19. The molecule has 0 bridgehead atoms. The molecule has 1 aliphatic carbocycles. The fourth-order valence-corrected chi connectivity index (χ4v) is 15.1. The molecule has 87 heavy (non-hydrogen) atoms. The summed E-state index contributed by atoms with van der Waals surface area (Å²) in [5, 5.41) is 6.07. The van der Waals surface area contributed by atoms with Crippen LogP contribution in [0.2, 0.25) is 5.02 Å². The van der Waals surface area contributed by atoms with Crippen LogP contribution in [-0.4, -0.2) is 155 Å². The number of anilines is 2. The maximum Gasteiger partial charge on any atom is 0.501 e. The minimum Gasteiger partial charge on any atom is -0.380 e. The second kappa shape index (κ2) is 26.9. The van der Waals surface area contributed by atoms with Crippen molar-refractivity contribution in [2.75, 3.05) is 88.0 Å². The van der Waals surface area contributed by atoms with Gasteiger partial charge in [-0.05, 0) is 133 Å². The minimum atomic E-state index is -6.14. The number of imide groups is 1. The predicted molar refractivity (Wildman–Crippen MR) is 331 cm³/mol. The molecule has 3 N–H and O–H groups in total. The van der Waals surface area contributed by atoms with E-state index in [4.69, 9.17) is 11.6 Å². The van der Waals surface area contributed by atoms with E-state index in [1.807, 2.05) is 53.3 Å². The number of hydrogen-bond acceptors (Lipinski definition) is 14. The Hall–Kier alpha value is -6.71. The van der Waals surface area contributed by atoms with Gasteiger partial charge in [0.25, 0.3) is 31.7 Å². The number of carbonyl (C=O) groups is 4. The van der Waals surface area contributed by atoms with E-state index >= 15 is 0 Å². The summed E-state index contributed by atoms with van der Waals surface area (Å²) in [6.07, 6.45) is 4.47. The van der Waals surface area contributed by atoms with Gasteiger partial charge >= 0.3 is 5.51 Å². The van der Waals surface area contributed by atoms with Gasteiger partial charge < -0.3 is 20.0 Å². The number of piperidine rings is 1. The number of halogens is 4. The lowest BCUT2D eigenvalue weighted by Crippen LogP contribution is -2.52. The first-order valence-electron chi connectivity index (χ1n) is 29.2. The summed E-state index contributed by atoms with van der Waals surface area (Å²) in [6.45, 7) is 12.7. The summed E-state index contributed by atoms with van der Waals surface area (Å²) in [5.74, 6) is 4.64. The molecular formula is C64H70ClF3N8O8S3. The Bertz CT molecular complexity index is 3710. The Morgan fingerprint density at radius 3 is 2.20 bits per heavy atom. The number of nitrogens with zero attached hydrogens (tertiary/aromatic N) is 5. The molecule has 1 unspecified atom stereocenters. The molecule has 5 aliphatic rings. The predicted octanol–water partition coefficient (Wildman–Crippen LogP) is 9.32. The maximum absolute atomic E-state index is 14.5. The zero-order chi connectivity index (χ0) is 61.7. The van der Waals surface area contributed by atoms with E-state index in [0.717, 1.165) is 67.2 Å². The number of fused-ring (bicyclic) bond motifs is 1. The third kappa shape index (κ3) is 15.4. The lowest BCUT2D eigenvalue weighted by Gasteiger charge is -2.39. The lowest BCUT2D eigenvalue weighted by atomic mass is 9.73. The number of carbonyl (C=O) groups excluding carboxylic acids is 4. The number of nitrogens with one attached hydrogen (secondary N) is 3. The maximum atomic E-state index is 14.5. The molecule has 0 spiro atoms. The molecule has 4 aliphatic heterocycles. The Labute approximate surface area is 516 Å². The Morgan fingerprint density at radius 1 is 0.816 bits per heavy atom. The second-order valence-corrected chi connectivity index (χ2v) is 28.6. The van der Waals surface area contributed by atoms with Crippen LogP contribution >= 0.6 is 23.4 Å². The Balaban J connectivity index is 0.750. The number of sulfonamides is 1. The van der Waals surface area contributed by atoms with E-state index in [-0.39, 0.29) is 42.2 Å². The fourth-order valence-electron chi connectivity index (χ4n) is 12.0. The molecule has 16 nitrogen and oxygen atoms in total. The largest absolute Gasteiger partial charge is 0.501 e. The third-order valence-corrected chi connectivity index (χ3v) is 21.2. The van der Waals surface area contributed by atoms with Crippen molar-refractivity contribution in [3.8, 4) is 11.8 Å². The zero-order valence-corrected chi connectivity index (χ0v) is 51.7. The number of amides is 4. The summed E-state index contributed by atoms with van der Waals surface area (Å²) >= 11 is 7.64. The highest BCUT2D eigenvalue weighted by Crippen LogP contribution is 2.43. The molecule has 5 aromatic rings. The smallest absolute Gasteiger partial charge is 0.380 e. The van der Waals surface area contributed by atoms with Crippen molar-refractivity contribution >= 4 is 83.8 Å². The second-order valence-electron chi connectivity index (χ2n) is 23.5. The van der Waals surface area contributed by atoms with Crippen LogP contribution in [0.1, 0.15) is 96.2 Å². The third-order valence-electron chi connectivity index (χ3n) is 16.9. The standard InChI is InChI=1S/C64H70ClF3N8O8S3/c1-63(2)28-26-53(45-14-18-48(65)19-15-45)47(40-63)41-74-35-37-75(38-36-74)50-20-16-46(17-21-50)60(78)71-87(83,84)52-22-23-56(58(39-52)86(81,82)64(66,67)68)69-49(43-85-51-11-4-3-5-12-51)27-30-73-33-31-72(32-34-73)29-7-6-9-44-10-8-13-54-55(44)42-76(62(54)80)57-24-25-59(77)70-61(57)79/h3-5,8,10-23,39,49,57,69H,7,24-38,40-43H2,1-2H3,(H,71,78)(H,70,77,79)/t49-,57?/m1/s1. The SMILES string of the molecule is CC1(C)CCC(c2ccc(Cl)cc2)=C(CN2CCN(c3ccc(C(=O)NS(=O)(=O)c4ccc(N[C@H](CCN5CCN(CCC#Cc6cccc7c6CN(C6CCC(=O)NC6=O)C7=O)CC5)CSc5ccccc5)c(S(=O)(=O)C(F)(F)F)c4)cc3)CC2)C1. The molecule has 23 heteroatoms. The van der Waals surface area contributed by atoms with E-state index in [2.05, 4.69) is 68.1 Å². The molecule has 0 aromatic heterocycles. The normalized spacial score (nSPS) is 19.3. The first kappa shape index (κ1) is 63.3. The van der Waals surface area contributed by atoms with Gasteiger partial charge in [0, 0.05) is 135 Å². The van der Waals surface area contributed by atoms with Crippen molar-refractivity contribution in [1.82, 2.24) is 29.6 Å².